The molecule has 0 spiro atoms. The summed E-state index contributed by atoms with van der Waals surface area (Å²) in [6.45, 7) is 8.19. The molecule has 0 radical (unpaired) electrons. The van der Waals surface area contributed by atoms with Crippen LogP contribution >= 0.6 is 0 Å². The lowest BCUT2D eigenvalue weighted by molar-refractivity contribution is 0.243. The van der Waals surface area contributed by atoms with Crippen LogP contribution in [0.1, 0.15) is 34.1 Å². The van der Waals surface area contributed by atoms with Gasteiger partial charge in [0, 0.05) is 0 Å². The van der Waals surface area contributed by atoms with Crippen LogP contribution in [0.2, 0.25) is 0 Å². The van der Waals surface area contributed by atoms with Gasteiger partial charge in [-0.25, -0.2) is 0 Å². The van der Waals surface area contributed by atoms with Gasteiger partial charge in [0.25, 0.3) is 0 Å². The molecule has 0 saturated carbocycles. The topological polar surface area (TPSA) is 20.2 Å². The van der Waals surface area contributed by atoms with Gasteiger partial charge in [0.15, 0.2) is 0 Å². The Bertz CT molecular complexity index is 284. The standard InChI is InChI=1S/C12H18O/c1-8(2)10-6-5-7-11(9(3)4)12(10)13/h5-6,12-13H,7H2,1-4H3. The van der Waals surface area contributed by atoms with Crippen molar-refractivity contribution in [3.05, 3.63) is 34.4 Å². The van der Waals surface area contributed by atoms with Crippen molar-refractivity contribution >= 4 is 0 Å². The third-order valence-corrected chi connectivity index (χ3v) is 2.48. The van der Waals surface area contributed by atoms with Crippen molar-refractivity contribution in [2.45, 2.75) is 40.2 Å². The van der Waals surface area contributed by atoms with E-state index in [9.17, 15) is 5.11 Å². The fourth-order valence-corrected chi connectivity index (χ4v) is 1.62. The van der Waals surface area contributed by atoms with Crippen molar-refractivity contribution in [2.75, 3.05) is 0 Å². The van der Waals surface area contributed by atoms with Crippen LogP contribution in [0.3, 0.4) is 0 Å². The molecule has 0 bridgehead atoms. The molecular formula is C12H18O. The second-order valence-electron chi connectivity index (χ2n) is 3.99. The van der Waals surface area contributed by atoms with E-state index < -0.39 is 0 Å². The number of aliphatic hydroxyl groups is 1. The van der Waals surface area contributed by atoms with Gasteiger partial charge in [0.1, 0.15) is 6.10 Å². The third kappa shape index (κ3) is 2.10. The number of hydrogen-bond acceptors (Lipinski definition) is 1. The maximum Gasteiger partial charge on any atom is 0.101 e. The van der Waals surface area contributed by atoms with Crippen molar-refractivity contribution in [1.82, 2.24) is 0 Å². The fraction of sp³-hybridized carbons (Fsp3) is 0.500. The van der Waals surface area contributed by atoms with Gasteiger partial charge in [-0.15, -0.1) is 0 Å². The molecule has 0 amide bonds. The van der Waals surface area contributed by atoms with Crippen LogP contribution in [0.25, 0.3) is 0 Å². The van der Waals surface area contributed by atoms with Crippen LogP contribution in [-0.2, 0) is 0 Å². The van der Waals surface area contributed by atoms with Crippen molar-refractivity contribution in [2.24, 2.45) is 0 Å². The van der Waals surface area contributed by atoms with Gasteiger partial charge in [-0.1, -0.05) is 23.3 Å². The average molecular weight is 178 g/mol. The summed E-state index contributed by atoms with van der Waals surface area (Å²) in [5.41, 5.74) is 4.64. The molecule has 1 aliphatic rings. The van der Waals surface area contributed by atoms with Gasteiger partial charge < -0.3 is 5.11 Å². The lowest BCUT2D eigenvalue weighted by Gasteiger charge is -2.22. The highest BCUT2D eigenvalue weighted by molar-refractivity contribution is 5.41. The van der Waals surface area contributed by atoms with E-state index in [1.807, 2.05) is 19.9 Å². The molecule has 1 aliphatic carbocycles. The lowest BCUT2D eigenvalue weighted by Crippen LogP contribution is -2.17. The molecule has 0 aromatic rings. The normalized spacial score (nSPS) is 22.1. The van der Waals surface area contributed by atoms with Crippen molar-refractivity contribution in [3.8, 4) is 0 Å². The quantitative estimate of drug-likeness (QED) is 0.565. The Balaban J connectivity index is 3.11. The molecule has 13 heavy (non-hydrogen) atoms. The lowest BCUT2D eigenvalue weighted by atomic mass is 9.88. The zero-order chi connectivity index (χ0) is 10.0. The number of aliphatic hydroxyl groups excluding tert-OH is 1. The molecule has 1 heteroatoms. The molecule has 1 atom stereocenters. The fourth-order valence-electron chi connectivity index (χ4n) is 1.62. The minimum Gasteiger partial charge on any atom is -0.384 e. The molecule has 1 nitrogen and oxygen atoms in total. The van der Waals surface area contributed by atoms with Crippen molar-refractivity contribution in [3.63, 3.8) is 0 Å². The average Bonchev–Trinajstić information content (AvgIpc) is 2.03. The van der Waals surface area contributed by atoms with E-state index in [4.69, 9.17) is 0 Å². The van der Waals surface area contributed by atoms with E-state index in [0.29, 0.717) is 0 Å². The van der Waals surface area contributed by atoms with E-state index in [1.165, 1.54) is 11.1 Å². The highest BCUT2D eigenvalue weighted by atomic mass is 16.3. The summed E-state index contributed by atoms with van der Waals surface area (Å²) in [5.74, 6) is 0. The van der Waals surface area contributed by atoms with Crippen LogP contribution < -0.4 is 0 Å². The first kappa shape index (κ1) is 10.3. The SMILES string of the molecule is CC(C)=C1C=CCC(=C(C)C)C1O. The summed E-state index contributed by atoms with van der Waals surface area (Å²) in [7, 11) is 0. The molecule has 1 rings (SSSR count). The second kappa shape index (κ2) is 3.93. The Morgan fingerprint density at radius 1 is 1.23 bits per heavy atom. The number of rotatable bonds is 0. The Morgan fingerprint density at radius 2 is 1.85 bits per heavy atom. The van der Waals surface area contributed by atoms with Gasteiger partial charge in [-0.2, -0.15) is 0 Å². The van der Waals surface area contributed by atoms with E-state index >= 15 is 0 Å². The Morgan fingerprint density at radius 3 is 2.31 bits per heavy atom. The molecular weight excluding hydrogens is 160 g/mol. The summed E-state index contributed by atoms with van der Waals surface area (Å²) in [6.07, 6.45) is 4.67. The van der Waals surface area contributed by atoms with Crippen LogP contribution in [-0.4, -0.2) is 11.2 Å². The highest BCUT2D eigenvalue weighted by Gasteiger charge is 2.18. The summed E-state index contributed by atoms with van der Waals surface area (Å²) in [6, 6.07) is 0. The highest BCUT2D eigenvalue weighted by Crippen LogP contribution is 2.27. The molecule has 0 heterocycles. The van der Waals surface area contributed by atoms with E-state index in [1.54, 1.807) is 0 Å². The monoisotopic (exact) mass is 178 g/mol. The molecule has 0 aliphatic heterocycles. The first-order chi connectivity index (χ1) is 6.04. The minimum atomic E-state index is -0.375. The molecule has 1 unspecified atom stereocenters. The van der Waals surface area contributed by atoms with Gasteiger partial charge in [0.2, 0.25) is 0 Å². The summed E-state index contributed by atoms with van der Waals surface area (Å²) >= 11 is 0. The maximum absolute atomic E-state index is 10.0. The third-order valence-electron chi connectivity index (χ3n) is 2.48. The largest absolute Gasteiger partial charge is 0.384 e. The van der Waals surface area contributed by atoms with E-state index in [0.717, 1.165) is 17.6 Å². The molecule has 1 N–H and O–H groups in total. The van der Waals surface area contributed by atoms with Crippen molar-refractivity contribution < 1.29 is 5.11 Å². The number of allylic oxidation sites excluding steroid dienone is 3. The molecule has 72 valence electrons. The van der Waals surface area contributed by atoms with Gasteiger partial charge in [-0.05, 0) is 45.3 Å². The summed E-state index contributed by atoms with van der Waals surface area (Å²) in [4.78, 5) is 0. The minimum absolute atomic E-state index is 0.375. The Hall–Kier alpha value is -0.820. The van der Waals surface area contributed by atoms with Gasteiger partial charge >= 0.3 is 0 Å². The van der Waals surface area contributed by atoms with Crippen LogP contribution in [0.15, 0.2) is 34.4 Å². The first-order valence-electron chi connectivity index (χ1n) is 4.72. The Labute approximate surface area is 80.5 Å². The van der Waals surface area contributed by atoms with Crippen LogP contribution in [0.4, 0.5) is 0 Å². The molecule has 0 aromatic heterocycles. The predicted octanol–water partition coefficient (Wildman–Crippen LogP) is 2.98. The zero-order valence-electron chi connectivity index (χ0n) is 8.89. The van der Waals surface area contributed by atoms with Crippen LogP contribution in [0.5, 0.6) is 0 Å². The Kier molecular flexibility index (Phi) is 3.10. The zero-order valence-corrected chi connectivity index (χ0v) is 8.89. The number of hydrogen-bond donors (Lipinski definition) is 1. The van der Waals surface area contributed by atoms with Gasteiger partial charge in [0.05, 0.1) is 0 Å². The smallest absolute Gasteiger partial charge is 0.101 e. The van der Waals surface area contributed by atoms with E-state index in [-0.39, 0.29) is 6.10 Å². The van der Waals surface area contributed by atoms with Crippen LogP contribution in [0, 0.1) is 0 Å². The summed E-state index contributed by atoms with van der Waals surface area (Å²) in [5, 5.41) is 10.0. The van der Waals surface area contributed by atoms with Gasteiger partial charge in [-0.3, -0.25) is 0 Å². The second-order valence-corrected chi connectivity index (χ2v) is 3.99. The van der Waals surface area contributed by atoms with E-state index in [2.05, 4.69) is 19.9 Å². The maximum atomic E-state index is 10.0. The van der Waals surface area contributed by atoms with Crippen molar-refractivity contribution in [1.29, 1.82) is 0 Å². The molecule has 0 aromatic carbocycles. The molecule has 0 fully saturated rings. The molecule has 0 saturated heterocycles. The summed E-state index contributed by atoms with van der Waals surface area (Å²) < 4.78 is 0. The predicted molar refractivity (Wildman–Crippen MR) is 56.5 cm³/mol. The first-order valence-corrected chi connectivity index (χ1v) is 4.72.